The maximum absolute atomic E-state index is 5.55. The van der Waals surface area contributed by atoms with Gasteiger partial charge in [-0.2, -0.15) is 0 Å². The first-order valence-electron chi connectivity index (χ1n) is 4.81. The van der Waals surface area contributed by atoms with Gasteiger partial charge in [-0.05, 0) is 19.8 Å². The monoisotopic (exact) mass is 170 g/mol. The second-order valence-electron chi connectivity index (χ2n) is 3.52. The molecule has 68 valence electrons. The minimum Gasteiger partial charge on any atom is -0.383 e. The van der Waals surface area contributed by atoms with E-state index in [1.807, 2.05) is 6.92 Å². The molecule has 1 saturated heterocycles. The number of hydrogen-bond acceptors (Lipinski definition) is 3. The summed E-state index contributed by atoms with van der Waals surface area (Å²) in [6, 6.07) is 0. The van der Waals surface area contributed by atoms with Gasteiger partial charge >= 0.3 is 7.32 Å². The van der Waals surface area contributed by atoms with Gasteiger partial charge in [-0.1, -0.05) is 19.3 Å². The summed E-state index contributed by atoms with van der Waals surface area (Å²) in [6.07, 6.45) is 6.55. The summed E-state index contributed by atoms with van der Waals surface area (Å²) in [6.45, 7) is 1.88. The van der Waals surface area contributed by atoms with Crippen LogP contribution in [-0.2, 0) is 14.0 Å². The smallest absolute Gasteiger partial charge is 0.383 e. The van der Waals surface area contributed by atoms with E-state index in [1.165, 1.54) is 19.3 Å². The van der Waals surface area contributed by atoms with Crippen LogP contribution in [0.15, 0.2) is 0 Å². The SMILES string of the molecule is CC1OB(OC2CCCCC2)O1. The molecule has 1 heterocycles. The molecule has 0 unspecified atom stereocenters. The van der Waals surface area contributed by atoms with Gasteiger partial charge in [0.15, 0.2) is 0 Å². The zero-order valence-corrected chi connectivity index (χ0v) is 7.49. The highest BCUT2D eigenvalue weighted by atomic mass is 16.9. The molecule has 1 saturated carbocycles. The third-order valence-electron chi connectivity index (χ3n) is 2.46. The zero-order chi connectivity index (χ0) is 8.39. The standard InChI is InChI=1S/C8H15BO3/c1-7-10-9(11-7)12-8-5-3-2-4-6-8/h7-8H,2-6H2,1H3. The molecule has 0 bridgehead atoms. The molecule has 0 aromatic carbocycles. The molecule has 12 heavy (non-hydrogen) atoms. The summed E-state index contributed by atoms with van der Waals surface area (Å²) in [5.74, 6) is 0. The Hall–Kier alpha value is -0.0551. The van der Waals surface area contributed by atoms with Crippen molar-refractivity contribution in [2.24, 2.45) is 0 Å². The molecule has 2 aliphatic rings. The van der Waals surface area contributed by atoms with E-state index in [-0.39, 0.29) is 13.6 Å². The Morgan fingerprint density at radius 1 is 1.17 bits per heavy atom. The van der Waals surface area contributed by atoms with Gasteiger partial charge in [0.05, 0.1) is 0 Å². The van der Waals surface area contributed by atoms with Crippen molar-refractivity contribution in [2.75, 3.05) is 0 Å². The van der Waals surface area contributed by atoms with E-state index in [0.29, 0.717) is 6.10 Å². The van der Waals surface area contributed by atoms with Crippen LogP contribution in [0.3, 0.4) is 0 Å². The molecule has 0 radical (unpaired) electrons. The molecule has 2 rings (SSSR count). The van der Waals surface area contributed by atoms with E-state index >= 15 is 0 Å². The fourth-order valence-electron chi connectivity index (χ4n) is 1.75. The lowest BCUT2D eigenvalue weighted by molar-refractivity contribution is -0.152. The normalized spacial score (nSPS) is 27.2. The molecule has 1 aliphatic heterocycles. The van der Waals surface area contributed by atoms with Gasteiger partial charge in [-0.3, -0.25) is 0 Å². The highest BCUT2D eigenvalue weighted by molar-refractivity contribution is 6.38. The average molecular weight is 170 g/mol. The maximum atomic E-state index is 5.55. The predicted molar refractivity (Wildman–Crippen MR) is 45.3 cm³/mol. The topological polar surface area (TPSA) is 27.7 Å². The van der Waals surface area contributed by atoms with E-state index in [2.05, 4.69) is 0 Å². The van der Waals surface area contributed by atoms with E-state index in [0.717, 1.165) is 12.8 Å². The van der Waals surface area contributed by atoms with Gasteiger partial charge in [-0.15, -0.1) is 0 Å². The maximum Gasteiger partial charge on any atom is 0.643 e. The van der Waals surface area contributed by atoms with Crippen LogP contribution in [0.5, 0.6) is 0 Å². The lowest BCUT2D eigenvalue weighted by atomic mass is 9.96. The number of rotatable bonds is 2. The fraction of sp³-hybridized carbons (Fsp3) is 1.00. The van der Waals surface area contributed by atoms with Crippen molar-refractivity contribution in [1.82, 2.24) is 0 Å². The second-order valence-corrected chi connectivity index (χ2v) is 3.52. The van der Waals surface area contributed by atoms with Crippen LogP contribution in [0, 0.1) is 0 Å². The summed E-state index contributed by atoms with van der Waals surface area (Å²) in [5.41, 5.74) is 0. The van der Waals surface area contributed by atoms with Crippen molar-refractivity contribution >= 4 is 7.32 Å². The first-order valence-corrected chi connectivity index (χ1v) is 4.81. The van der Waals surface area contributed by atoms with Gasteiger partial charge in [0, 0.05) is 6.10 Å². The van der Waals surface area contributed by atoms with Crippen LogP contribution in [-0.4, -0.2) is 19.7 Å². The van der Waals surface area contributed by atoms with E-state index in [4.69, 9.17) is 14.0 Å². The van der Waals surface area contributed by atoms with Crippen molar-refractivity contribution in [3.63, 3.8) is 0 Å². The Morgan fingerprint density at radius 2 is 1.83 bits per heavy atom. The Morgan fingerprint density at radius 3 is 2.42 bits per heavy atom. The lowest BCUT2D eigenvalue weighted by Crippen LogP contribution is -2.47. The molecule has 2 fully saturated rings. The van der Waals surface area contributed by atoms with E-state index in [1.54, 1.807) is 0 Å². The Kier molecular flexibility index (Phi) is 2.68. The Labute approximate surface area is 73.6 Å². The van der Waals surface area contributed by atoms with Crippen LogP contribution in [0.1, 0.15) is 39.0 Å². The summed E-state index contributed by atoms with van der Waals surface area (Å²) in [5, 5.41) is 0. The highest BCUT2D eigenvalue weighted by Crippen LogP contribution is 2.23. The first-order chi connectivity index (χ1) is 5.84. The predicted octanol–water partition coefficient (Wildman–Crippen LogP) is 1.71. The first kappa shape index (κ1) is 8.54. The molecule has 0 aromatic heterocycles. The van der Waals surface area contributed by atoms with E-state index < -0.39 is 0 Å². The van der Waals surface area contributed by atoms with Crippen molar-refractivity contribution in [3.05, 3.63) is 0 Å². The fourth-order valence-corrected chi connectivity index (χ4v) is 1.75. The van der Waals surface area contributed by atoms with Gasteiger partial charge in [-0.25, -0.2) is 0 Å². The van der Waals surface area contributed by atoms with Crippen molar-refractivity contribution in [2.45, 2.75) is 51.4 Å². The average Bonchev–Trinajstić information content (AvgIpc) is 2.04. The third kappa shape index (κ3) is 2.00. The molecule has 0 amide bonds. The van der Waals surface area contributed by atoms with Gasteiger partial charge in [0.2, 0.25) is 0 Å². The van der Waals surface area contributed by atoms with Crippen LogP contribution in [0.25, 0.3) is 0 Å². The van der Waals surface area contributed by atoms with Crippen molar-refractivity contribution in [3.8, 4) is 0 Å². The molecular formula is C8H15BO3. The molecule has 0 aromatic rings. The van der Waals surface area contributed by atoms with Crippen molar-refractivity contribution < 1.29 is 14.0 Å². The van der Waals surface area contributed by atoms with Crippen LogP contribution < -0.4 is 0 Å². The summed E-state index contributed by atoms with van der Waals surface area (Å²) in [7, 11) is -0.372. The van der Waals surface area contributed by atoms with Gasteiger partial charge < -0.3 is 14.0 Å². The lowest BCUT2D eigenvalue weighted by Gasteiger charge is -2.33. The molecule has 1 aliphatic carbocycles. The van der Waals surface area contributed by atoms with Crippen LogP contribution >= 0.6 is 0 Å². The third-order valence-corrected chi connectivity index (χ3v) is 2.46. The van der Waals surface area contributed by atoms with Gasteiger partial charge in [0.25, 0.3) is 0 Å². The molecule has 3 nitrogen and oxygen atoms in total. The summed E-state index contributed by atoms with van der Waals surface area (Å²) in [4.78, 5) is 0. The zero-order valence-electron chi connectivity index (χ0n) is 7.49. The summed E-state index contributed by atoms with van der Waals surface area (Å²) >= 11 is 0. The van der Waals surface area contributed by atoms with Crippen molar-refractivity contribution in [1.29, 1.82) is 0 Å². The number of hydrogen-bond donors (Lipinski definition) is 0. The largest absolute Gasteiger partial charge is 0.643 e. The van der Waals surface area contributed by atoms with Crippen LogP contribution in [0.2, 0.25) is 0 Å². The van der Waals surface area contributed by atoms with Gasteiger partial charge in [0.1, 0.15) is 6.29 Å². The molecule has 0 spiro atoms. The molecular weight excluding hydrogens is 155 g/mol. The quantitative estimate of drug-likeness (QED) is 0.590. The molecule has 0 atom stereocenters. The summed E-state index contributed by atoms with van der Waals surface area (Å²) < 4.78 is 15.9. The van der Waals surface area contributed by atoms with Crippen LogP contribution in [0.4, 0.5) is 0 Å². The second kappa shape index (κ2) is 3.77. The Balaban J connectivity index is 1.65. The van der Waals surface area contributed by atoms with E-state index in [9.17, 15) is 0 Å². The molecule has 4 heteroatoms. The molecule has 0 N–H and O–H groups in total. The minimum atomic E-state index is -0.372. The minimum absolute atomic E-state index is 0.0707. The Bertz CT molecular complexity index is 141. The highest BCUT2D eigenvalue weighted by Gasteiger charge is 2.38.